The van der Waals surface area contributed by atoms with Gasteiger partial charge >= 0.3 is 0 Å². The Labute approximate surface area is 203 Å². The summed E-state index contributed by atoms with van der Waals surface area (Å²) in [6.45, 7) is 4.76. The van der Waals surface area contributed by atoms with Gasteiger partial charge in [-0.2, -0.15) is 4.80 Å². The zero-order chi connectivity index (χ0) is 23.2. The van der Waals surface area contributed by atoms with Gasteiger partial charge in [0.2, 0.25) is 5.82 Å². The number of fused-ring (bicyclic) bond motifs is 1. The van der Waals surface area contributed by atoms with E-state index in [0.717, 1.165) is 29.8 Å². The monoisotopic (exact) mass is 490 g/mol. The molecule has 0 aliphatic carbocycles. The molecule has 0 fully saturated rings. The summed E-state index contributed by atoms with van der Waals surface area (Å²) in [5, 5.41) is 14.3. The minimum Gasteiger partial charge on any atom is -0.378 e. The van der Waals surface area contributed by atoms with Crippen LogP contribution in [0.3, 0.4) is 0 Å². The summed E-state index contributed by atoms with van der Waals surface area (Å²) in [6.07, 6.45) is 0. The van der Waals surface area contributed by atoms with Crippen molar-refractivity contribution in [3.05, 3.63) is 63.1 Å². The molecule has 2 N–H and O–H groups in total. The quantitative estimate of drug-likeness (QED) is 0.436. The minimum absolute atomic E-state index is 0.153. The van der Waals surface area contributed by atoms with Gasteiger partial charge in [-0.1, -0.05) is 41.4 Å². The van der Waals surface area contributed by atoms with Crippen LogP contribution in [0.15, 0.2) is 36.4 Å². The van der Waals surface area contributed by atoms with Crippen LogP contribution in [0.4, 0.5) is 0 Å². The van der Waals surface area contributed by atoms with Gasteiger partial charge in [-0.25, -0.2) is 0 Å². The topological polar surface area (TPSA) is 91.3 Å². The van der Waals surface area contributed by atoms with Crippen LogP contribution < -0.4 is 5.73 Å². The fraction of sp³-hybridized carbons (Fsp3) is 0.435. The van der Waals surface area contributed by atoms with Gasteiger partial charge in [0.1, 0.15) is 0 Å². The van der Waals surface area contributed by atoms with Gasteiger partial charge < -0.3 is 20.1 Å². The van der Waals surface area contributed by atoms with Crippen LogP contribution in [-0.2, 0) is 22.6 Å². The smallest absolute Gasteiger partial charge is 0.204 e. The Bertz CT molecular complexity index is 1080. The van der Waals surface area contributed by atoms with Crippen molar-refractivity contribution in [1.29, 1.82) is 0 Å². The lowest BCUT2D eigenvalue weighted by molar-refractivity contribution is 0.0456. The van der Waals surface area contributed by atoms with Gasteiger partial charge in [-0.05, 0) is 47.2 Å². The van der Waals surface area contributed by atoms with Gasteiger partial charge in [-0.3, -0.25) is 0 Å². The van der Waals surface area contributed by atoms with Crippen LogP contribution in [0.2, 0.25) is 10.0 Å². The second kappa shape index (κ2) is 11.4. The van der Waals surface area contributed by atoms with Crippen LogP contribution in [0, 0.1) is 0 Å². The molecule has 3 aromatic rings. The summed E-state index contributed by atoms with van der Waals surface area (Å²) in [5.74, 6) is 0.733. The first-order valence-electron chi connectivity index (χ1n) is 10.9. The third kappa shape index (κ3) is 6.09. The van der Waals surface area contributed by atoms with E-state index in [4.69, 9.17) is 38.4 Å². The maximum absolute atomic E-state index is 6.51. The molecule has 2 aromatic carbocycles. The highest BCUT2D eigenvalue weighted by Crippen LogP contribution is 2.39. The summed E-state index contributed by atoms with van der Waals surface area (Å²) in [4.78, 5) is 3.82. The van der Waals surface area contributed by atoms with E-state index in [2.05, 4.69) is 39.5 Å². The van der Waals surface area contributed by atoms with E-state index >= 15 is 0 Å². The highest BCUT2D eigenvalue weighted by atomic mass is 35.5. The summed E-state index contributed by atoms with van der Waals surface area (Å²) < 4.78 is 10.8. The third-order valence-electron chi connectivity index (χ3n) is 5.56. The molecule has 1 aromatic heterocycles. The number of tetrazole rings is 1. The third-order valence-corrected chi connectivity index (χ3v) is 6.12. The number of nitrogens with zero attached hydrogens (tertiary/aromatic N) is 5. The number of nitrogens with two attached hydrogens (primary N) is 1. The zero-order valence-electron chi connectivity index (χ0n) is 18.6. The Hall–Kier alpha value is -2.07. The number of halogens is 2. The highest BCUT2D eigenvalue weighted by Gasteiger charge is 2.27. The molecular weight excluding hydrogens is 463 g/mol. The Balaban J connectivity index is 1.45. The van der Waals surface area contributed by atoms with E-state index in [1.165, 1.54) is 5.56 Å². The Morgan fingerprint density at radius 1 is 1.09 bits per heavy atom. The summed E-state index contributed by atoms with van der Waals surface area (Å²) in [7, 11) is 2.10. The molecule has 1 aliphatic heterocycles. The van der Waals surface area contributed by atoms with Crippen molar-refractivity contribution in [2.45, 2.75) is 19.0 Å². The molecule has 4 rings (SSSR count). The molecular formula is C23H28Cl2N6O2. The summed E-state index contributed by atoms with van der Waals surface area (Å²) >= 11 is 12.8. The first-order valence-corrected chi connectivity index (χ1v) is 11.7. The van der Waals surface area contributed by atoms with Crippen molar-refractivity contribution in [3.8, 4) is 11.4 Å². The van der Waals surface area contributed by atoms with Crippen LogP contribution in [0.1, 0.15) is 22.6 Å². The van der Waals surface area contributed by atoms with E-state index in [9.17, 15) is 0 Å². The summed E-state index contributed by atoms with van der Waals surface area (Å²) in [6, 6.07) is 12.1. The van der Waals surface area contributed by atoms with Crippen LogP contribution in [0.5, 0.6) is 0 Å². The SMILES string of the molecule is CN1Cc2c(Cl)cc(Cl)cc2[C@H](c2cccc(-c3nnn(CCOCCOCCN)n3)c2)C1. The molecule has 1 atom stereocenters. The van der Waals surface area contributed by atoms with Crippen LogP contribution in [0.25, 0.3) is 11.4 Å². The number of rotatable bonds is 10. The first kappa shape index (κ1) is 24.1. The minimum atomic E-state index is 0.153. The molecule has 0 spiro atoms. The average molecular weight is 491 g/mol. The molecule has 0 saturated heterocycles. The largest absolute Gasteiger partial charge is 0.378 e. The fourth-order valence-electron chi connectivity index (χ4n) is 4.03. The molecule has 2 heterocycles. The normalized spacial score (nSPS) is 16.2. The van der Waals surface area contributed by atoms with Gasteiger partial charge in [0.05, 0.1) is 33.0 Å². The molecule has 0 saturated carbocycles. The van der Waals surface area contributed by atoms with Gasteiger partial charge in [-0.15, -0.1) is 10.2 Å². The van der Waals surface area contributed by atoms with Crippen molar-refractivity contribution in [1.82, 2.24) is 25.1 Å². The number of aromatic nitrogens is 4. The van der Waals surface area contributed by atoms with Crippen molar-refractivity contribution >= 4 is 23.2 Å². The van der Waals surface area contributed by atoms with Crippen molar-refractivity contribution < 1.29 is 9.47 Å². The zero-order valence-corrected chi connectivity index (χ0v) is 20.1. The molecule has 1 aliphatic rings. The van der Waals surface area contributed by atoms with E-state index in [-0.39, 0.29) is 5.92 Å². The Morgan fingerprint density at radius 2 is 1.91 bits per heavy atom. The fourth-order valence-corrected chi connectivity index (χ4v) is 4.60. The van der Waals surface area contributed by atoms with Crippen LogP contribution >= 0.6 is 23.2 Å². The number of benzene rings is 2. The molecule has 33 heavy (non-hydrogen) atoms. The molecule has 0 amide bonds. The lowest BCUT2D eigenvalue weighted by atomic mass is 9.84. The van der Waals surface area contributed by atoms with Crippen LogP contribution in [-0.4, -0.2) is 71.7 Å². The van der Waals surface area contributed by atoms with Crippen molar-refractivity contribution in [2.24, 2.45) is 5.73 Å². The Morgan fingerprint density at radius 3 is 2.73 bits per heavy atom. The van der Waals surface area contributed by atoms with Crippen molar-refractivity contribution in [3.63, 3.8) is 0 Å². The van der Waals surface area contributed by atoms with Gasteiger partial charge in [0.15, 0.2) is 0 Å². The average Bonchev–Trinajstić information content (AvgIpc) is 3.28. The van der Waals surface area contributed by atoms with Gasteiger partial charge in [0, 0.05) is 41.2 Å². The number of likely N-dealkylation sites (N-methyl/N-ethyl adjacent to an activating group) is 1. The van der Waals surface area contributed by atoms with E-state index < -0.39 is 0 Å². The predicted molar refractivity (Wildman–Crippen MR) is 129 cm³/mol. The first-order chi connectivity index (χ1) is 16.0. The molecule has 8 nitrogen and oxygen atoms in total. The second-order valence-electron chi connectivity index (χ2n) is 8.05. The number of ether oxygens (including phenoxy) is 2. The molecule has 0 unspecified atom stereocenters. The van der Waals surface area contributed by atoms with E-state index in [0.29, 0.717) is 55.4 Å². The lowest BCUT2D eigenvalue weighted by Gasteiger charge is -2.33. The number of hydrogen-bond acceptors (Lipinski definition) is 7. The maximum Gasteiger partial charge on any atom is 0.204 e. The van der Waals surface area contributed by atoms with E-state index in [1.807, 2.05) is 24.3 Å². The number of hydrogen-bond donors (Lipinski definition) is 1. The van der Waals surface area contributed by atoms with E-state index in [1.54, 1.807) is 4.80 Å². The Kier molecular flexibility index (Phi) is 8.29. The van der Waals surface area contributed by atoms with Crippen molar-refractivity contribution in [2.75, 3.05) is 46.6 Å². The predicted octanol–water partition coefficient (Wildman–Crippen LogP) is 3.22. The molecule has 0 bridgehead atoms. The van der Waals surface area contributed by atoms with Gasteiger partial charge in [0.25, 0.3) is 0 Å². The maximum atomic E-state index is 6.51. The highest BCUT2D eigenvalue weighted by molar-refractivity contribution is 6.35. The standard InChI is InChI=1S/C23H28Cl2N6O2/c1-30-14-20(19-12-18(24)13-22(25)21(19)15-30)16-3-2-4-17(11-16)23-27-29-31(28-23)6-8-33-10-9-32-7-5-26/h2-4,11-13,20H,5-10,14-15,26H2,1H3/t20-/m0/s1. The molecule has 176 valence electrons. The summed E-state index contributed by atoms with van der Waals surface area (Å²) in [5.41, 5.74) is 9.76. The molecule has 0 radical (unpaired) electrons. The second-order valence-corrected chi connectivity index (χ2v) is 8.90. The lowest BCUT2D eigenvalue weighted by Crippen LogP contribution is -2.31. The molecule has 10 heteroatoms.